The number of nitrogens with zero attached hydrogens (tertiary/aromatic N) is 4. The molecule has 3 aromatic rings. The molecule has 4 rings (SSSR count). The van der Waals surface area contributed by atoms with Gasteiger partial charge in [-0.1, -0.05) is 13.8 Å². The predicted molar refractivity (Wildman–Crippen MR) is 105 cm³/mol. The van der Waals surface area contributed by atoms with E-state index in [-0.39, 0.29) is 0 Å². The summed E-state index contributed by atoms with van der Waals surface area (Å²) in [7, 11) is 0. The number of hydrogen-bond donors (Lipinski definition) is 3. The van der Waals surface area contributed by atoms with Gasteiger partial charge >= 0.3 is 0 Å². The largest absolute Gasteiger partial charge is 0.340 e. The van der Waals surface area contributed by atoms with E-state index in [1.165, 1.54) is 0 Å². The lowest BCUT2D eigenvalue weighted by Crippen LogP contribution is -2.34. The molecule has 0 bridgehead atoms. The van der Waals surface area contributed by atoms with Gasteiger partial charge in [0.25, 0.3) is 0 Å². The third-order valence-electron chi connectivity index (χ3n) is 4.94. The highest BCUT2D eigenvalue weighted by Crippen LogP contribution is 2.21. The molecule has 26 heavy (non-hydrogen) atoms. The minimum absolute atomic E-state index is 0.558. The number of anilines is 3. The predicted octanol–water partition coefficient (Wildman–Crippen LogP) is 2.92. The Morgan fingerprint density at radius 3 is 3.04 bits per heavy atom. The molecule has 1 aliphatic heterocycles. The van der Waals surface area contributed by atoms with Crippen LogP contribution in [0.1, 0.15) is 20.3 Å². The fourth-order valence-corrected chi connectivity index (χ4v) is 3.40. The minimum atomic E-state index is 0.558. The molecular formula is C19H25N7. The fraction of sp³-hybridized carbons (Fsp3) is 0.421. The van der Waals surface area contributed by atoms with Crippen molar-refractivity contribution in [3.05, 3.63) is 36.7 Å². The van der Waals surface area contributed by atoms with E-state index in [4.69, 9.17) is 4.98 Å². The second-order valence-corrected chi connectivity index (χ2v) is 7.12. The zero-order valence-electron chi connectivity index (χ0n) is 15.2. The van der Waals surface area contributed by atoms with Crippen molar-refractivity contribution in [3.8, 4) is 0 Å². The van der Waals surface area contributed by atoms with Gasteiger partial charge in [-0.3, -0.25) is 5.10 Å². The summed E-state index contributed by atoms with van der Waals surface area (Å²) in [6.45, 7) is 7.39. The molecule has 7 heteroatoms. The number of hydrogen-bond acceptors (Lipinski definition) is 6. The number of aromatic amines is 1. The van der Waals surface area contributed by atoms with Crippen LogP contribution in [-0.2, 0) is 0 Å². The van der Waals surface area contributed by atoms with Crippen LogP contribution >= 0.6 is 0 Å². The second-order valence-electron chi connectivity index (χ2n) is 7.12. The van der Waals surface area contributed by atoms with Crippen LogP contribution in [0.5, 0.6) is 0 Å². The van der Waals surface area contributed by atoms with E-state index in [9.17, 15) is 0 Å². The van der Waals surface area contributed by atoms with Crippen LogP contribution in [0.2, 0.25) is 0 Å². The highest BCUT2D eigenvalue weighted by atomic mass is 15.3. The average Bonchev–Trinajstić information content (AvgIpc) is 2.96. The summed E-state index contributed by atoms with van der Waals surface area (Å²) in [6.07, 6.45) is 4.75. The van der Waals surface area contributed by atoms with Crippen molar-refractivity contribution in [3.63, 3.8) is 0 Å². The van der Waals surface area contributed by atoms with Crippen LogP contribution in [0.3, 0.4) is 0 Å². The Balaban J connectivity index is 1.49. The highest BCUT2D eigenvalue weighted by Gasteiger charge is 2.20. The number of fused-ring (bicyclic) bond motifs is 1. The molecule has 2 aromatic heterocycles. The number of H-pyrrole nitrogens is 1. The van der Waals surface area contributed by atoms with Crippen LogP contribution in [0.25, 0.3) is 10.9 Å². The first-order chi connectivity index (χ1) is 12.7. The van der Waals surface area contributed by atoms with E-state index < -0.39 is 0 Å². The first kappa shape index (κ1) is 16.8. The lowest BCUT2D eigenvalue weighted by molar-refractivity contribution is 0.403. The smallest absolute Gasteiger partial charge is 0.227 e. The summed E-state index contributed by atoms with van der Waals surface area (Å²) >= 11 is 0. The summed E-state index contributed by atoms with van der Waals surface area (Å²) in [6, 6.07) is 8.55. The number of nitrogens with one attached hydrogen (secondary N) is 3. The van der Waals surface area contributed by atoms with Crippen molar-refractivity contribution in [2.24, 2.45) is 5.92 Å². The van der Waals surface area contributed by atoms with E-state index in [0.717, 1.165) is 54.4 Å². The zero-order valence-corrected chi connectivity index (χ0v) is 15.2. The van der Waals surface area contributed by atoms with Crippen molar-refractivity contribution >= 4 is 28.4 Å². The average molecular weight is 351 g/mol. The van der Waals surface area contributed by atoms with E-state index in [1.54, 1.807) is 0 Å². The molecular weight excluding hydrogens is 326 g/mol. The van der Waals surface area contributed by atoms with Crippen LogP contribution in [-0.4, -0.2) is 45.8 Å². The van der Waals surface area contributed by atoms with Gasteiger partial charge in [0.2, 0.25) is 5.95 Å². The molecule has 3 heterocycles. The molecule has 1 atom stereocenters. The molecule has 0 amide bonds. The Morgan fingerprint density at radius 2 is 2.15 bits per heavy atom. The van der Waals surface area contributed by atoms with Gasteiger partial charge in [0.1, 0.15) is 5.82 Å². The zero-order chi connectivity index (χ0) is 17.9. The van der Waals surface area contributed by atoms with Gasteiger partial charge in [-0.2, -0.15) is 10.1 Å². The first-order valence-corrected chi connectivity index (χ1v) is 9.20. The third kappa shape index (κ3) is 3.62. The minimum Gasteiger partial charge on any atom is -0.340 e. The standard InChI is InChI=1S/C19H25N7/c1-13(2)16-6-9-26(10-8-20-16)19-21-7-5-18(24-19)23-15-3-4-17-14(11-15)12-22-25-17/h3-5,7,11-13,16,20H,6,8-10H2,1-2H3,(H,22,25)(H,21,23,24). The molecule has 0 spiro atoms. The summed E-state index contributed by atoms with van der Waals surface area (Å²) in [5, 5.41) is 15.1. The van der Waals surface area contributed by atoms with Gasteiger partial charge in [0, 0.05) is 42.9 Å². The quantitative estimate of drug-likeness (QED) is 0.670. The van der Waals surface area contributed by atoms with Crippen molar-refractivity contribution < 1.29 is 0 Å². The molecule has 7 nitrogen and oxygen atoms in total. The van der Waals surface area contributed by atoms with Crippen LogP contribution in [0, 0.1) is 5.92 Å². The van der Waals surface area contributed by atoms with E-state index in [0.29, 0.717) is 12.0 Å². The summed E-state index contributed by atoms with van der Waals surface area (Å²) in [4.78, 5) is 11.5. The molecule has 1 aromatic carbocycles. The molecule has 136 valence electrons. The Labute approximate surface area is 153 Å². The van der Waals surface area contributed by atoms with E-state index >= 15 is 0 Å². The molecule has 1 aliphatic rings. The third-order valence-corrected chi connectivity index (χ3v) is 4.94. The van der Waals surface area contributed by atoms with Gasteiger partial charge < -0.3 is 15.5 Å². The summed E-state index contributed by atoms with van der Waals surface area (Å²) < 4.78 is 0. The van der Waals surface area contributed by atoms with Gasteiger partial charge in [0.05, 0.1) is 11.7 Å². The maximum absolute atomic E-state index is 4.72. The molecule has 0 aliphatic carbocycles. The van der Waals surface area contributed by atoms with Gasteiger partial charge in [-0.05, 0) is 36.6 Å². The fourth-order valence-electron chi connectivity index (χ4n) is 3.40. The van der Waals surface area contributed by atoms with Gasteiger partial charge in [-0.25, -0.2) is 4.98 Å². The summed E-state index contributed by atoms with van der Waals surface area (Å²) in [5.74, 6) is 2.22. The van der Waals surface area contributed by atoms with Crippen LogP contribution < -0.4 is 15.5 Å². The molecule has 0 saturated carbocycles. The van der Waals surface area contributed by atoms with Crippen molar-refractivity contribution in [2.75, 3.05) is 29.9 Å². The number of rotatable bonds is 4. The Hall–Kier alpha value is -2.67. The first-order valence-electron chi connectivity index (χ1n) is 9.20. The normalized spacial score (nSPS) is 18.3. The van der Waals surface area contributed by atoms with Crippen LogP contribution in [0.15, 0.2) is 36.7 Å². The Kier molecular flexibility index (Phi) is 4.71. The second kappa shape index (κ2) is 7.29. The maximum Gasteiger partial charge on any atom is 0.227 e. The molecule has 3 N–H and O–H groups in total. The highest BCUT2D eigenvalue weighted by molar-refractivity contribution is 5.82. The van der Waals surface area contributed by atoms with E-state index in [2.05, 4.69) is 50.6 Å². The molecule has 0 radical (unpaired) electrons. The monoisotopic (exact) mass is 351 g/mol. The summed E-state index contributed by atoms with van der Waals surface area (Å²) in [5.41, 5.74) is 2.01. The number of benzene rings is 1. The number of aromatic nitrogens is 4. The molecule has 1 fully saturated rings. The molecule has 1 unspecified atom stereocenters. The van der Waals surface area contributed by atoms with Crippen molar-refractivity contribution in [1.29, 1.82) is 0 Å². The molecule has 1 saturated heterocycles. The van der Waals surface area contributed by atoms with Gasteiger partial charge in [-0.15, -0.1) is 0 Å². The van der Waals surface area contributed by atoms with Crippen molar-refractivity contribution in [2.45, 2.75) is 26.3 Å². The van der Waals surface area contributed by atoms with Crippen molar-refractivity contribution in [1.82, 2.24) is 25.5 Å². The Bertz CT molecular complexity index is 873. The SMILES string of the molecule is CC(C)C1CCN(c2nccc(Nc3ccc4[nH]ncc4c3)n2)CCN1. The maximum atomic E-state index is 4.72. The Morgan fingerprint density at radius 1 is 1.23 bits per heavy atom. The van der Waals surface area contributed by atoms with Gasteiger partial charge in [0.15, 0.2) is 0 Å². The van der Waals surface area contributed by atoms with E-state index in [1.807, 2.05) is 30.6 Å². The lowest BCUT2D eigenvalue weighted by Gasteiger charge is -2.21. The topological polar surface area (TPSA) is 81.8 Å². The lowest BCUT2D eigenvalue weighted by atomic mass is 10.0. The van der Waals surface area contributed by atoms with Crippen LogP contribution in [0.4, 0.5) is 17.5 Å².